The lowest BCUT2D eigenvalue weighted by Gasteiger charge is -2.10. The Bertz CT molecular complexity index is 1100. The van der Waals surface area contributed by atoms with E-state index in [9.17, 15) is 18.0 Å². The lowest BCUT2D eigenvalue weighted by Crippen LogP contribution is -2.34. The van der Waals surface area contributed by atoms with Crippen molar-refractivity contribution in [1.29, 1.82) is 0 Å². The Morgan fingerprint density at radius 3 is 2.12 bits per heavy atom. The predicted molar refractivity (Wildman–Crippen MR) is 93.9 cm³/mol. The van der Waals surface area contributed by atoms with Crippen molar-refractivity contribution in [1.82, 2.24) is 13.4 Å². The van der Waals surface area contributed by atoms with Gasteiger partial charge in [0, 0.05) is 14.1 Å². The number of rotatable bonds is 4. The minimum atomic E-state index is -4.07. The van der Waals surface area contributed by atoms with Crippen molar-refractivity contribution in [3.8, 4) is 0 Å². The number of fused-ring (bicyclic) bond motifs is 1. The molecule has 0 bridgehead atoms. The molecule has 0 radical (unpaired) electrons. The molecule has 0 aliphatic carbocycles. The van der Waals surface area contributed by atoms with Crippen LogP contribution in [0.3, 0.4) is 0 Å². The molecule has 2 aromatic carbocycles. The van der Waals surface area contributed by atoms with Crippen molar-refractivity contribution in [3.05, 3.63) is 65.1 Å². The van der Waals surface area contributed by atoms with Gasteiger partial charge in [-0.15, -0.1) is 0 Å². The number of benzene rings is 2. The van der Waals surface area contributed by atoms with E-state index < -0.39 is 15.7 Å². The van der Waals surface area contributed by atoms with E-state index in [0.717, 1.165) is 3.97 Å². The van der Waals surface area contributed by atoms with Crippen LogP contribution in [0.25, 0.3) is 11.0 Å². The van der Waals surface area contributed by atoms with Crippen LogP contribution in [0.4, 0.5) is 0 Å². The number of amides is 1. The summed E-state index contributed by atoms with van der Waals surface area (Å²) in [5, 5.41) is 0. The molecule has 1 heterocycles. The summed E-state index contributed by atoms with van der Waals surface area (Å²) in [5.41, 5.74) is -0.134. The van der Waals surface area contributed by atoms with E-state index in [1.54, 1.807) is 56.6 Å². The van der Waals surface area contributed by atoms with E-state index in [1.807, 2.05) is 0 Å². The largest absolute Gasteiger partial charge is 0.347 e. The van der Waals surface area contributed by atoms with Crippen molar-refractivity contribution in [2.24, 2.45) is 0 Å². The summed E-state index contributed by atoms with van der Waals surface area (Å²) in [6, 6.07) is 14.2. The third kappa shape index (κ3) is 2.85. The molecule has 0 N–H and O–H groups in total. The van der Waals surface area contributed by atoms with E-state index in [2.05, 4.69) is 0 Å². The Hall–Kier alpha value is -2.87. The van der Waals surface area contributed by atoms with Gasteiger partial charge in [-0.25, -0.2) is 13.2 Å². The zero-order valence-electron chi connectivity index (χ0n) is 13.8. The molecule has 0 aliphatic rings. The number of likely N-dealkylation sites (N-methyl/N-ethyl adjacent to an activating group) is 1. The Morgan fingerprint density at radius 1 is 0.960 bits per heavy atom. The second-order valence-corrected chi connectivity index (χ2v) is 7.51. The van der Waals surface area contributed by atoms with E-state index in [1.165, 1.54) is 21.6 Å². The molecule has 0 saturated carbocycles. The second kappa shape index (κ2) is 6.21. The zero-order valence-corrected chi connectivity index (χ0v) is 14.6. The first-order valence-electron chi connectivity index (χ1n) is 7.55. The minimum Gasteiger partial charge on any atom is -0.347 e. The fourth-order valence-electron chi connectivity index (χ4n) is 2.54. The Labute approximate surface area is 144 Å². The van der Waals surface area contributed by atoms with Gasteiger partial charge in [0.1, 0.15) is 6.54 Å². The molecule has 25 heavy (non-hydrogen) atoms. The highest BCUT2D eigenvalue weighted by molar-refractivity contribution is 7.90. The summed E-state index contributed by atoms with van der Waals surface area (Å²) in [5.74, 6) is -0.304. The molecular formula is C17H17N3O4S. The van der Waals surface area contributed by atoms with Crippen LogP contribution in [0, 0.1) is 0 Å². The third-order valence-corrected chi connectivity index (χ3v) is 5.57. The highest BCUT2D eigenvalue weighted by Gasteiger charge is 2.25. The lowest BCUT2D eigenvalue weighted by molar-refractivity contribution is -0.129. The first kappa shape index (κ1) is 17.0. The Kier molecular flexibility index (Phi) is 4.22. The molecule has 130 valence electrons. The number of carbonyl (C=O) groups is 1. The molecule has 0 spiro atoms. The van der Waals surface area contributed by atoms with Crippen LogP contribution in [0.1, 0.15) is 0 Å². The van der Waals surface area contributed by atoms with Gasteiger partial charge in [-0.3, -0.25) is 9.36 Å². The maximum Gasteiger partial charge on any atom is 0.343 e. The second-order valence-electron chi connectivity index (χ2n) is 5.73. The molecule has 0 unspecified atom stereocenters. The number of aromatic nitrogens is 2. The summed E-state index contributed by atoms with van der Waals surface area (Å²) in [6.07, 6.45) is 0. The first-order chi connectivity index (χ1) is 11.8. The smallest absolute Gasteiger partial charge is 0.343 e. The third-order valence-electron chi connectivity index (χ3n) is 3.87. The van der Waals surface area contributed by atoms with E-state index >= 15 is 0 Å². The fraction of sp³-hybridized carbons (Fsp3) is 0.176. The van der Waals surface area contributed by atoms with Gasteiger partial charge in [-0.05, 0) is 24.3 Å². The van der Waals surface area contributed by atoms with Gasteiger partial charge in [0.2, 0.25) is 5.91 Å². The number of carbonyl (C=O) groups excluding carboxylic acids is 1. The van der Waals surface area contributed by atoms with Crippen LogP contribution in [-0.2, 0) is 21.4 Å². The highest BCUT2D eigenvalue weighted by atomic mass is 32.2. The van der Waals surface area contributed by atoms with Crippen LogP contribution >= 0.6 is 0 Å². The summed E-state index contributed by atoms with van der Waals surface area (Å²) >= 11 is 0. The van der Waals surface area contributed by atoms with Crippen LogP contribution < -0.4 is 5.69 Å². The number of nitrogens with zero attached hydrogens (tertiary/aromatic N) is 3. The molecule has 3 rings (SSSR count). The normalized spacial score (nSPS) is 11.6. The van der Waals surface area contributed by atoms with Crippen molar-refractivity contribution in [3.63, 3.8) is 0 Å². The van der Waals surface area contributed by atoms with Gasteiger partial charge in [0.15, 0.2) is 0 Å². The quantitative estimate of drug-likeness (QED) is 0.699. The zero-order chi connectivity index (χ0) is 18.2. The molecule has 0 saturated heterocycles. The molecule has 3 aromatic rings. The fourth-order valence-corrected chi connectivity index (χ4v) is 3.97. The van der Waals surface area contributed by atoms with Crippen molar-refractivity contribution < 1.29 is 13.2 Å². The van der Waals surface area contributed by atoms with Gasteiger partial charge in [-0.2, -0.15) is 3.97 Å². The van der Waals surface area contributed by atoms with Gasteiger partial charge in [-0.1, -0.05) is 30.3 Å². The van der Waals surface area contributed by atoms with E-state index in [4.69, 9.17) is 0 Å². The topological polar surface area (TPSA) is 81.4 Å². The molecule has 8 heteroatoms. The summed E-state index contributed by atoms with van der Waals surface area (Å²) < 4.78 is 27.8. The van der Waals surface area contributed by atoms with Gasteiger partial charge < -0.3 is 4.90 Å². The number of hydrogen-bond donors (Lipinski definition) is 0. The van der Waals surface area contributed by atoms with Gasteiger partial charge >= 0.3 is 5.69 Å². The maximum atomic E-state index is 13.0. The van der Waals surface area contributed by atoms with Crippen LogP contribution in [0.2, 0.25) is 0 Å². The molecular weight excluding hydrogens is 342 g/mol. The monoisotopic (exact) mass is 359 g/mol. The molecule has 1 amide bonds. The Morgan fingerprint density at radius 2 is 1.52 bits per heavy atom. The summed E-state index contributed by atoms with van der Waals surface area (Å²) in [6.45, 7) is -0.232. The first-order valence-corrected chi connectivity index (χ1v) is 8.99. The van der Waals surface area contributed by atoms with Gasteiger partial charge in [0.25, 0.3) is 10.0 Å². The molecule has 0 atom stereocenters. The molecule has 0 aliphatic heterocycles. The van der Waals surface area contributed by atoms with Crippen LogP contribution in [0.15, 0.2) is 64.3 Å². The average Bonchev–Trinajstić information content (AvgIpc) is 2.88. The number of hydrogen-bond acceptors (Lipinski definition) is 4. The number of imidazole rings is 1. The summed E-state index contributed by atoms with van der Waals surface area (Å²) in [7, 11) is -0.920. The van der Waals surface area contributed by atoms with Crippen LogP contribution in [-0.4, -0.2) is 41.9 Å². The van der Waals surface area contributed by atoms with E-state index in [-0.39, 0.29) is 22.9 Å². The average molecular weight is 359 g/mol. The predicted octanol–water partition coefficient (Wildman–Crippen LogP) is 1.13. The standard InChI is InChI=1S/C17H17N3O4S/c1-18(2)16(21)12-19-14-10-6-7-11-15(14)20(17(19)22)25(23,24)13-8-4-3-5-9-13/h3-11H,12H2,1-2H3. The number of para-hydroxylation sites is 2. The van der Waals surface area contributed by atoms with Crippen molar-refractivity contribution in [2.75, 3.05) is 14.1 Å². The molecule has 1 aromatic heterocycles. The van der Waals surface area contributed by atoms with Crippen molar-refractivity contribution >= 4 is 27.0 Å². The van der Waals surface area contributed by atoms with Crippen LogP contribution in [0.5, 0.6) is 0 Å². The highest BCUT2D eigenvalue weighted by Crippen LogP contribution is 2.19. The molecule has 0 fully saturated rings. The van der Waals surface area contributed by atoms with Gasteiger partial charge in [0.05, 0.1) is 15.9 Å². The lowest BCUT2D eigenvalue weighted by atomic mass is 10.3. The van der Waals surface area contributed by atoms with Crippen molar-refractivity contribution in [2.45, 2.75) is 11.4 Å². The SMILES string of the molecule is CN(C)C(=O)Cn1c(=O)n(S(=O)(=O)c2ccccc2)c2ccccc21. The molecule has 7 nitrogen and oxygen atoms in total. The maximum absolute atomic E-state index is 13.0. The van der Waals surface area contributed by atoms with E-state index in [0.29, 0.717) is 5.52 Å². The Balaban J connectivity index is 2.29. The summed E-state index contributed by atoms with van der Waals surface area (Å²) in [4.78, 5) is 26.3. The minimum absolute atomic E-state index is 0.0129.